The number of amidine groups is 1. The quantitative estimate of drug-likeness (QED) is 0.360. The van der Waals surface area contributed by atoms with Gasteiger partial charge in [-0.15, -0.1) is 0 Å². The van der Waals surface area contributed by atoms with Gasteiger partial charge in [-0.05, 0) is 44.6 Å². The highest BCUT2D eigenvalue weighted by Gasteiger charge is 2.59. The molecule has 170 valence electrons. The number of pyridine rings is 1. The predicted molar refractivity (Wildman–Crippen MR) is 113 cm³/mol. The van der Waals surface area contributed by atoms with E-state index in [1.807, 2.05) is 6.07 Å². The average molecular weight is 448 g/mol. The van der Waals surface area contributed by atoms with E-state index in [9.17, 15) is 18.0 Å². The summed E-state index contributed by atoms with van der Waals surface area (Å²) in [4.78, 5) is 20.8. The summed E-state index contributed by atoms with van der Waals surface area (Å²) in [6.07, 6.45) is -2.23. The molecule has 1 amide bonds. The number of halogens is 3. The van der Waals surface area contributed by atoms with E-state index >= 15 is 0 Å². The number of carbonyl (C=O) groups excluding carboxylic acids is 1. The lowest BCUT2D eigenvalue weighted by atomic mass is 9.93. The van der Waals surface area contributed by atoms with Crippen molar-refractivity contribution in [3.8, 4) is 6.07 Å². The number of amides is 1. The molecule has 8 nitrogen and oxygen atoms in total. The normalized spacial score (nSPS) is 24.3. The summed E-state index contributed by atoms with van der Waals surface area (Å²) in [5, 5.41) is 11.5. The molecule has 2 atom stereocenters. The summed E-state index contributed by atoms with van der Waals surface area (Å²) in [6.45, 7) is 7.20. The van der Waals surface area contributed by atoms with E-state index in [0.717, 1.165) is 13.1 Å². The van der Waals surface area contributed by atoms with Crippen molar-refractivity contribution in [2.75, 3.05) is 11.9 Å². The first kappa shape index (κ1) is 24.6. The van der Waals surface area contributed by atoms with Gasteiger partial charge < -0.3 is 21.5 Å². The summed E-state index contributed by atoms with van der Waals surface area (Å²) < 4.78 is 45.0. The van der Waals surface area contributed by atoms with Crippen LogP contribution in [0.5, 0.6) is 0 Å². The Bertz CT molecular complexity index is 1070. The molecule has 1 aromatic rings. The van der Waals surface area contributed by atoms with Crippen LogP contribution in [-0.4, -0.2) is 35.1 Å². The van der Waals surface area contributed by atoms with Gasteiger partial charge in [-0.2, -0.15) is 18.4 Å². The first-order valence-electron chi connectivity index (χ1n) is 9.32. The molecule has 0 radical (unpaired) electrons. The van der Waals surface area contributed by atoms with E-state index in [0.29, 0.717) is 5.57 Å². The molecule has 11 heteroatoms. The predicted octanol–water partition coefficient (Wildman–Crippen LogP) is 2.81. The van der Waals surface area contributed by atoms with Crippen LogP contribution < -0.4 is 16.8 Å². The minimum absolute atomic E-state index is 0.0715. The second-order valence-corrected chi connectivity index (χ2v) is 7.49. The highest BCUT2D eigenvalue weighted by atomic mass is 19.4. The number of ether oxygens (including phenoxy) is 1. The van der Waals surface area contributed by atoms with Crippen LogP contribution in [0.4, 0.5) is 19.0 Å². The summed E-state index contributed by atoms with van der Waals surface area (Å²) in [5.74, 6) is -1.18. The van der Waals surface area contributed by atoms with Crippen LogP contribution in [0.2, 0.25) is 0 Å². The van der Waals surface area contributed by atoms with Gasteiger partial charge in [-0.1, -0.05) is 12.6 Å². The lowest BCUT2D eigenvalue weighted by Crippen LogP contribution is -2.60. The third-order valence-corrected chi connectivity index (χ3v) is 5.01. The number of alkyl halides is 3. The lowest BCUT2D eigenvalue weighted by molar-refractivity contribution is -0.249. The molecule has 0 unspecified atom stereocenters. The zero-order valence-electron chi connectivity index (χ0n) is 17.7. The van der Waals surface area contributed by atoms with Gasteiger partial charge in [0.1, 0.15) is 23.3 Å². The number of aliphatic imine (C=N–C) groups is 1. The van der Waals surface area contributed by atoms with Gasteiger partial charge in [-0.3, -0.25) is 9.79 Å². The Kier molecular flexibility index (Phi) is 6.80. The minimum Gasteiger partial charge on any atom is -0.404 e. The summed E-state index contributed by atoms with van der Waals surface area (Å²) in [5.41, 5.74) is 7.84. The van der Waals surface area contributed by atoms with Crippen LogP contribution in [-0.2, 0) is 15.1 Å². The number of hydrogen-bond acceptors (Lipinski definition) is 7. The number of nitrogens with two attached hydrogens (primary N) is 2. The van der Waals surface area contributed by atoms with E-state index in [1.54, 1.807) is 13.0 Å². The van der Waals surface area contributed by atoms with Crippen LogP contribution in [0.15, 0.2) is 58.8 Å². The molecule has 2 rings (SSSR count). The summed E-state index contributed by atoms with van der Waals surface area (Å²) in [7, 11) is 0. The molecule has 0 saturated carbocycles. The molecule has 0 spiro atoms. The van der Waals surface area contributed by atoms with E-state index in [-0.39, 0.29) is 22.7 Å². The Morgan fingerprint density at radius 2 is 2.06 bits per heavy atom. The van der Waals surface area contributed by atoms with Crippen molar-refractivity contribution in [3.63, 3.8) is 0 Å². The minimum atomic E-state index is -4.73. The second kappa shape index (κ2) is 8.84. The number of nitrogens with one attached hydrogen (secondary N) is 1. The van der Waals surface area contributed by atoms with Crippen molar-refractivity contribution in [1.82, 2.24) is 4.98 Å². The van der Waals surface area contributed by atoms with Crippen LogP contribution in [0.1, 0.15) is 26.5 Å². The third kappa shape index (κ3) is 4.81. The average Bonchev–Trinajstić information content (AvgIpc) is 2.73. The van der Waals surface area contributed by atoms with Gasteiger partial charge in [0.25, 0.3) is 5.91 Å². The molecule has 1 aliphatic heterocycles. The van der Waals surface area contributed by atoms with E-state index in [4.69, 9.17) is 21.5 Å². The molecule has 0 fully saturated rings. The molecule has 32 heavy (non-hydrogen) atoms. The molecule has 5 N–H and O–H groups in total. The molecule has 0 saturated heterocycles. The number of anilines is 1. The maximum atomic E-state index is 13.3. The molecule has 0 aromatic carbocycles. The van der Waals surface area contributed by atoms with E-state index in [1.165, 1.54) is 25.1 Å². The van der Waals surface area contributed by atoms with Crippen molar-refractivity contribution in [3.05, 3.63) is 59.5 Å². The van der Waals surface area contributed by atoms with Gasteiger partial charge in [0.15, 0.2) is 0 Å². The Morgan fingerprint density at radius 1 is 1.41 bits per heavy atom. The smallest absolute Gasteiger partial charge is 0.404 e. The second-order valence-electron chi connectivity index (χ2n) is 7.49. The number of rotatable bonds is 5. The van der Waals surface area contributed by atoms with Gasteiger partial charge >= 0.3 is 6.18 Å². The molecule has 1 aliphatic rings. The van der Waals surface area contributed by atoms with Crippen LogP contribution in [0, 0.1) is 11.3 Å². The largest absolute Gasteiger partial charge is 0.424 e. The maximum Gasteiger partial charge on any atom is 0.424 e. The lowest BCUT2D eigenvalue weighted by Gasteiger charge is -2.40. The van der Waals surface area contributed by atoms with Crippen molar-refractivity contribution >= 4 is 17.6 Å². The number of carbonyl (C=O) groups is 1. The fourth-order valence-corrected chi connectivity index (χ4v) is 2.74. The van der Waals surface area contributed by atoms with Gasteiger partial charge in [0.2, 0.25) is 5.60 Å². The van der Waals surface area contributed by atoms with Crippen molar-refractivity contribution in [2.45, 2.75) is 38.1 Å². The Balaban J connectivity index is 2.27. The fourth-order valence-electron chi connectivity index (χ4n) is 2.74. The molecular weight excluding hydrogens is 425 g/mol. The third-order valence-electron chi connectivity index (χ3n) is 5.01. The first-order chi connectivity index (χ1) is 14.8. The molecular formula is C21H23F3N6O2. The summed E-state index contributed by atoms with van der Waals surface area (Å²) in [6, 6.07) is 6.45. The van der Waals surface area contributed by atoms with Crippen molar-refractivity contribution < 1.29 is 22.7 Å². The van der Waals surface area contributed by atoms with E-state index < -0.39 is 35.7 Å². The Labute approximate surface area is 183 Å². The monoisotopic (exact) mass is 448 g/mol. The zero-order valence-corrected chi connectivity index (χ0v) is 17.7. The highest BCUT2D eigenvalue weighted by molar-refractivity contribution is 6.06. The molecule has 0 bridgehead atoms. The Hall–Kier alpha value is -3.65. The number of nitrogens with zero attached hydrogens (tertiary/aromatic N) is 3. The van der Waals surface area contributed by atoms with Crippen LogP contribution >= 0.6 is 0 Å². The molecule has 1 aromatic heterocycles. The summed E-state index contributed by atoms with van der Waals surface area (Å²) >= 11 is 0. The SMILES string of the molecule is C=C(C(=O)Nc1cccc([C@]2(C)CO[C@@](C)(C(F)(F)F)C(N)=N2)n1)/C(C)=C\C(C#N)=C/N. The van der Waals surface area contributed by atoms with Gasteiger partial charge in [0, 0.05) is 11.8 Å². The number of hydrogen-bond donors (Lipinski definition) is 3. The topological polar surface area (TPSA) is 139 Å². The number of aromatic nitrogens is 1. The van der Waals surface area contributed by atoms with E-state index in [2.05, 4.69) is 21.9 Å². The number of allylic oxidation sites excluding steroid dienone is 2. The van der Waals surface area contributed by atoms with Gasteiger partial charge in [0.05, 0.1) is 17.9 Å². The van der Waals surface area contributed by atoms with Crippen LogP contribution in [0.25, 0.3) is 0 Å². The maximum absolute atomic E-state index is 13.3. The Morgan fingerprint density at radius 3 is 2.59 bits per heavy atom. The highest BCUT2D eigenvalue weighted by Crippen LogP contribution is 2.40. The van der Waals surface area contributed by atoms with Crippen LogP contribution in [0.3, 0.4) is 0 Å². The first-order valence-corrected chi connectivity index (χ1v) is 9.32. The number of nitriles is 1. The zero-order chi connectivity index (χ0) is 24.3. The molecule has 2 heterocycles. The fraction of sp³-hybridized carbons (Fsp3) is 0.333. The van der Waals surface area contributed by atoms with Gasteiger partial charge in [-0.25, -0.2) is 4.98 Å². The van der Waals surface area contributed by atoms with Crippen molar-refractivity contribution in [1.29, 1.82) is 5.26 Å². The molecule has 0 aliphatic carbocycles. The van der Waals surface area contributed by atoms with Crippen molar-refractivity contribution in [2.24, 2.45) is 16.5 Å². The standard InChI is InChI=1S/C21H23F3N6O2/c1-12(8-14(9-25)10-26)13(2)17(31)29-16-7-5-6-15(28-16)19(3)11-32-20(4,18(27)30-19)21(22,23)24/h5-9H,2,11,25H2,1,3-4H3,(H2,27,30)(H,28,29,31)/b12-8-,14-9+/t19-,20+/m0/s1.